The van der Waals surface area contributed by atoms with Crippen LogP contribution in [0.1, 0.15) is 11.1 Å². The van der Waals surface area contributed by atoms with Gasteiger partial charge in [-0.3, -0.25) is 4.79 Å². The van der Waals surface area contributed by atoms with Gasteiger partial charge < -0.3 is 4.74 Å². The van der Waals surface area contributed by atoms with E-state index in [1.165, 1.54) is 17.3 Å². The van der Waals surface area contributed by atoms with Crippen LogP contribution in [0.5, 0.6) is 5.75 Å². The summed E-state index contributed by atoms with van der Waals surface area (Å²) in [5.41, 5.74) is 4.54. The molecule has 5 heteroatoms. The van der Waals surface area contributed by atoms with E-state index in [2.05, 4.69) is 10.5 Å². The second kappa shape index (κ2) is 8.24. The van der Waals surface area contributed by atoms with Crippen LogP contribution in [0.2, 0.25) is 0 Å². The number of amides is 1. The van der Waals surface area contributed by atoms with Gasteiger partial charge in [0.1, 0.15) is 5.75 Å². The van der Waals surface area contributed by atoms with Crippen LogP contribution in [0.15, 0.2) is 58.5 Å². The minimum absolute atomic E-state index is 0.142. The standard InChI is InChI=1S/C17H18N2O2S/c1-13-7-9-15(10-8-13)22-12-17(20)19-18-11-14-5-3-4-6-16(14)21-2/h3-11H,12H2,1-2H3,(H,19,20)/b18-11-. The highest BCUT2D eigenvalue weighted by Crippen LogP contribution is 2.18. The highest BCUT2D eigenvalue weighted by molar-refractivity contribution is 8.00. The average molecular weight is 314 g/mol. The van der Waals surface area contributed by atoms with Gasteiger partial charge in [0.05, 0.1) is 19.1 Å². The molecule has 0 aliphatic heterocycles. The molecule has 4 nitrogen and oxygen atoms in total. The smallest absolute Gasteiger partial charge is 0.250 e. The van der Waals surface area contributed by atoms with Crippen molar-refractivity contribution in [3.63, 3.8) is 0 Å². The minimum atomic E-state index is -0.142. The molecule has 0 aliphatic carbocycles. The first-order chi connectivity index (χ1) is 10.7. The molecule has 0 saturated carbocycles. The molecule has 1 N–H and O–H groups in total. The van der Waals surface area contributed by atoms with E-state index in [1.54, 1.807) is 13.3 Å². The third-order valence-electron chi connectivity index (χ3n) is 2.92. The number of benzene rings is 2. The summed E-state index contributed by atoms with van der Waals surface area (Å²) in [6.45, 7) is 2.04. The Balaban J connectivity index is 1.82. The molecule has 0 aliphatic rings. The summed E-state index contributed by atoms with van der Waals surface area (Å²) < 4.78 is 5.21. The van der Waals surface area contributed by atoms with Crippen LogP contribution < -0.4 is 10.2 Å². The van der Waals surface area contributed by atoms with Crippen molar-refractivity contribution in [2.45, 2.75) is 11.8 Å². The SMILES string of the molecule is COc1ccccc1/C=N\NC(=O)CSc1ccc(C)cc1. The van der Waals surface area contributed by atoms with E-state index in [0.29, 0.717) is 5.75 Å². The van der Waals surface area contributed by atoms with E-state index in [4.69, 9.17) is 4.74 Å². The maximum Gasteiger partial charge on any atom is 0.250 e. The Bertz CT molecular complexity index is 654. The van der Waals surface area contributed by atoms with Gasteiger partial charge in [-0.15, -0.1) is 11.8 Å². The molecular formula is C17H18N2O2S. The molecule has 22 heavy (non-hydrogen) atoms. The van der Waals surface area contributed by atoms with Gasteiger partial charge in [0.25, 0.3) is 0 Å². The maximum absolute atomic E-state index is 11.8. The van der Waals surface area contributed by atoms with E-state index >= 15 is 0 Å². The van der Waals surface area contributed by atoms with Crippen LogP contribution >= 0.6 is 11.8 Å². The zero-order chi connectivity index (χ0) is 15.8. The summed E-state index contributed by atoms with van der Waals surface area (Å²) in [6, 6.07) is 15.6. The molecular weight excluding hydrogens is 296 g/mol. The lowest BCUT2D eigenvalue weighted by molar-refractivity contribution is -0.118. The molecule has 0 radical (unpaired) electrons. The lowest BCUT2D eigenvalue weighted by Gasteiger charge is -2.03. The van der Waals surface area contributed by atoms with Gasteiger partial charge in [0, 0.05) is 10.5 Å². The van der Waals surface area contributed by atoms with Gasteiger partial charge in [0.2, 0.25) is 5.91 Å². The predicted molar refractivity (Wildman–Crippen MR) is 90.6 cm³/mol. The molecule has 1 amide bonds. The lowest BCUT2D eigenvalue weighted by atomic mass is 10.2. The quantitative estimate of drug-likeness (QED) is 0.506. The number of methoxy groups -OCH3 is 1. The Morgan fingerprint density at radius 3 is 2.68 bits per heavy atom. The van der Waals surface area contributed by atoms with Crippen molar-refractivity contribution in [3.8, 4) is 5.75 Å². The first-order valence-electron chi connectivity index (χ1n) is 6.83. The predicted octanol–water partition coefficient (Wildman–Crippen LogP) is 3.25. The number of carbonyl (C=O) groups is 1. The monoisotopic (exact) mass is 314 g/mol. The zero-order valence-electron chi connectivity index (χ0n) is 12.6. The fourth-order valence-corrected chi connectivity index (χ4v) is 2.45. The first kappa shape index (κ1) is 16.1. The van der Waals surface area contributed by atoms with Crippen molar-refractivity contribution in [2.75, 3.05) is 12.9 Å². The summed E-state index contributed by atoms with van der Waals surface area (Å²) >= 11 is 1.48. The van der Waals surface area contributed by atoms with Crippen LogP contribution in [-0.4, -0.2) is 25.0 Å². The van der Waals surface area contributed by atoms with Crippen LogP contribution in [-0.2, 0) is 4.79 Å². The van der Waals surface area contributed by atoms with Crippen molar-refractivity contribution in [1.82, 2.24) is 5.43 Å². The minimum Gasteiger partial charge on any atom is -0.496 e. The van der Waals surface area contributed by atoms with E-state index in [0.717, 1.165) is 16.2 Å². The number of nitrogens with zero attached hydrogens (tertiary/aromatic N) is 1. The Hall–Kier alpha value is -2.27. The van der Waals surface area contributed by atoms with Gasteiger partial charge in [-0.25, -0.2) is 5.43 Å². The van der Waals surface area contributed by atoms with Gasteiger partial charge in [-0.1, -0.05) is 29.8 Å². The summed E-state index contributed by atoms with van der Waals surface area (Å²) in [5.74, 6) is 0.901. The molecule has 2 aromatic carbocycles. The summed E-state index contributed by atoms with van der Waals surface area (Å²) in [4.78, 5) is 12.8. The zero-order valence-corrected chi connectivity index (χ0v) is 13.4. The molecule has 0 bridgehead atoms. The van der Waals surface area contributed by atoms with Gasteiger partial charge in [-0.05, 0) is 31.2 Å². The number of hydrazone groups is 1. The number of para-hydroxylation sites is 1. The molecule has 0 atom stereocenters. The molecule has 0 aromatic heterocycles. The maximum atomic E-state index is 11.8. The number of hydrogen-bond donors (Lipinski definition) is 1. The van der Waals surface area contributed by atoms with E-state index < -0.39 is 0 Å². The number of ether oxygens (including phenoxy) is 1. The number of rotatable bonds is 6. The van der Waals surface area contributed by atoms with Crippen LogP contribution in [0.4, 0.5) is 0 Å². The Labute approximate surface area is 134 Å². The molecule has 0 heterocycles. The van der Waals surface area contributed by atoms with Crippen LogP contribution in [0, 0.1) is 6.92 Å². The number of hydrogen-bond acceptors (Lipinski definition) is 4. The summed E-state index contributed by atoms with van der Waals surface area (Å²) in [6.07, 6.45) is 1.58. The third kappa shape index (κ3) is 4.93. The molecule has 0 spiro atoms. The number of thioether (sulfide) groups is 1. The molecule has 2 rings (SSSR count). The van der Waals surface area contributed by atoms with E-state index in [1.807, 2.05) is 55.5 Å². The second-order valence-electron chi connectivity index (χ2n) is 4.64. The molecule has 0 fully saturated rings. The van der Waals surface area contributed by atoms with Crippen molar-refractivity contribution < 1.29 is 9.53 Å². The number of aryl methyl sites for hydroxylation is 1. The fourth-order valence-electron chi connectivity index (χ4n) is 1.76. The highest BCUT2D eigenvalue weighted by Gasteiger charge is 2.02. The largest absolute Gasteiger partial charge is 0.496 e. The van der Waals surface area contributed by atoms with Crippen LogP contribution in [0.25, 0.3) is 0 Å². The molecule has 114 valence electrons. The third-order valence-corrected chi connectivity index (χ3v) is 3.93. The molecule has 2 aromatic rings. The fraction of sp³-hybridized carbons (Fsp3) is 0.176. The van der Waals surface area contributed by atoms with Crippen molar-refractivity contribution in [3.05, 3.63) is 59.7 Å². The van der Waals surface area contributed by atoms with E-state index in [9.17, 15) is 4.79 Å². The topological polar surface area (TPSA) is 50.7 Å². The van der Waals surface area contributed by atoms with Crippen molar-refractivity contribution >= 4 is 23.9 Å². The molecule has 0 unspecified atom stereocenters. The second-order valence-corrected chi connectivity index (χ2v) is 5.69. The molecule has 0 saturated heterocycles. The number of carbonyl (C=O) groups excluding carboxylic acids is 1. The number of nitrogens with one attached hydrogen (secondary N) is 1. The average Bonchev–Trinajstić information content (AvgIpc) is 2.55. The van der Waals surface area contributed by atoms with Gasteiger partial charge in [0.15, 0.2) is 0 Å². The lowest BCUT2D eigenvalue weighted by Crippen LogP contribution is -2.19. The Morgan fingerprint density at radius 1 is 1.23 bits per heavy atom. The normalized spacial score (nSPS) is 10.6. The van der Waals surface area contributed by atoms with Crippen molar-refractivity contribution in [2.24, 2.45) is 5.10 Å². The van der Waals surface area contributed by atoms with E-state index in [-0.39, 0.29) is 5.91 Å². The van der Waals surface area contributed by atoms with Crippen molar-refractivity contribution in [1.29, 1.82) is 0 Å². The highest BCUT2D eigenvalue weighted by atomic mass is 32.2. The van der Waals surface area contributed by atoms with Gasteiger partial charge >= 0.3 is 0 Å². The Morgan fingerprint density at radius 2 is 1.95 bits per heavy atom. The summed E-state index contributed by atoms with van der Waals surface area (Å²) in [5, 5.41) is 3.96. The first-order valence-corrected chi connectivity index (χ1v) is 7.82. The van der Waals surface area contributed by atoms with Crippen LogP contribution in [0.3, 0.4) is 0 Å². The van der Waals surface area contributed by atoms with Gasteiger partial charge in [-0.2, -0.15) is 5.10 Å². The Kier molecular flexibility index (Phi) is 6.03. The summed E-state index contributed by atoms with van der Waals surface area (Å²) in [7, 11) is 1.60.